The van der Waals surface area contributed by atoms with Gasteiger partial charge >= 0.3 is 6.03 Å². The molecule has 2 amide bonds. The highest BCUT2D eigenvalue weighted by molar-refractivity contribution is 7.91. The lowest BCUT2D eigenvalue weighted by Gasteiger charge is -2.16. The van der Waals surface area contributed by atoms with Crippen LogP contribution in [0, 0.1) is 0 Å². The Morgan fingerprint density at radius 3 is 2.41 bits per heavy atom. The first-order valence-corrected chi connectivity index (χ1v) is 10.9. The van der Waals surface area contributed by atoms with E-state index in [4.69, 9.17) is 4.74 Å². The van der Waals surface area contributed by atoms with Gasteiger partial charge in [-0.3, -0.25) is 0 Å². The van der Waals surface area contributed by atoms with Gasteiger partial charge in [0.1, 0.15) is 9.96 Å². The van der Waals surface area contributed by atoms with Crippen LogP contribution in [0.4, 0.5) is 4.79 Å². The quantitative estimate of drug-likeness (QED) is 0.664. The van der Waals surface area contributed by atoms with Gasteiger partial charge in [0.2, 0.25) is 0 Å². The van der Waals surface area contributed by atoms with Gasteiger partial charge in [-0.25, -0.2) is 13.2 Å². The molecule has 0 fully saturated rings. The summed E-state index contributed by atoms with van der Waals surface area (Å²) in [5, 5.41) is 5.51. The lowest BCUT2D eigenvalue weighted by atomic mass is 10.2. The van der Waals surface area contributed by atoms with E-state index in [2.05, 4.69) is 10.6 Å². The molecule has 2 aromatic rings. The molecule has 2 rings (SSSR count). The molecule has 148 valence electrons. The largest absolute Gasteiger partial charge is 0.496 e. The number of para-hydroxylation sites is 1. The monoisotopic (exact) mass is 411 g/mol. The lowest BCUT2D eigenvalue weighted by molar-refractivity contribution is 0.240. The number of nitrogens with zero attached hydrogens (tertiary/aromatic N) is 1. The van der Waals surface area contributed by atoms with E-state index < -0.39 is 10.0 Å². The Hall–Kier alpha value is -2.10. The van der Waals surface area contributed by atoms with Crippen molar-refractivity contribution < 1.29 is 17.9 Å². The third kappa shape index (κ3) is 5.44. The van der Waals surface area contributed by atoms with E-state index in [1.807, 2.05) is 38.1 Å². The minimum atomic E-state index is -3.46. The van der Waals surface area contributed by atoms with E-state index in [1.165, 1.54) is 15.6 Å². The number of benzene rings is 1. The summed E-state index contributed by atoms with van der Waals surface area (Å²) < 4.78 is 31.9. The highest BCUT2D eigenvalue weighted by Gasteiger charge is 2.23. The minimum absolute atomic E-state index is 0.260. The molecule has 0 saturated heterocycles. The molecule has 1 aromatic heterocycles. The second kappa shape index (κ2) is 9.72. The second-order valence-electron chi connectivity index (χ2n) is 5.66. The Labute approximate surface area is 164 Å². The average Bonchev–Trinajstić information content (AvgIpc) is 3.15. The number of urea groups is 1. The zero-order valence-electron chi connectivity index (χ0n) is 15.7. The van der Waals surface area contributed by atoms with Gasteiger partial charge in [-0.2, -0.15) is 4.31 Å². The van der Waals surface area contributed by atoms with Gasteiger partial charge < -0.3 is 15.4 Å². The van der Waals surface area contributed by atoms with Crippen molar-refractivity contribution in [2.75, 3.05) is 20.2 Å². The first kappa shape index (κ1) is 21.2. The summed E-state index contributed by atoms with van der Waals surface area (Å²) in [6.45, 7) is 5.07. The molecule has 2 N–H and O–H groups in total. The maximum atomic E-state index is 12.5. The highest BCUT2D eigenvalue weighted by Crippen LogP contribution is 2.24. The maximum Gasteiger partial charge on any atom is 0.315 e. The molecule has 0 atom stereocenters. The summed E-state index contributed by atoms with van der Waals surface area (Å²) in [5.74, 6) is 0.710. The molecule has 27 heavy (non-hydrogen) atoms. The number of hydrogen-bond donors (Lipinski definition) is 2. The molecule has 1 heterocycles. The minimum Gasteiger partial charge on any atom is -0.496 e. The molecule has 0 spiro atoms. The van der Waals surface area contributed by atoms with E-state index in [-0.39, 0.29) is 16.8 Å². The van der Waals surface area contributed by atoms with Crippen LogP contribution in [0.1, 0.15) is 24.3 Å². The van der Waals surface area contributed by atoms with E-state index in [1.54, 1.807) is 19.2 Å². The van der Waals surface area contributed by atoms with Crippen LogP contribution in [-0.2, 0) is 23.1 Å². The van der Waals surface area contributed by atoms with Crippen LogP contribution in [0.2, 0.25) is 0 Å². The van der Waals surface area contributed by atoms with Crippen LogP contribution in [0.25, 0.3) is 0 Å². The molecule has 9 heteroatoms. The SMILES string of the molecule is CCN(CC)S(=O)(=O)c1ccc(CNC(=O)NCc2ccccc2OC)s1. The Morgan fingerprint density at radius 2 is 1.74 bits per heavy atom. The number of rotatable bonds is 9. The van der Waals surface area contributed by atoms with Crippen LogP contribution in [0.3, 0.4) is 0 Å². The smallest absolute Gasteiger partial charge is 0.315 e. The third-order valence-corrected chi connectivity index (χ3v) is 7.59. The predicted octanol–water partition coefficient (Wildman–Crippen LogP) is 2.79. The third-order valence-electron chi connectivity index (χ3n) is 3.99. The fourth-order valence-corrected chi connectivity index (χ4v) is 5.44. The summed E-state index contributed by atoms with van der Waals surface area (Å²) in [4.78, 5) is 12.8. The molecular formula is C18H25N3O4S2. The topological polar surface area (TPSA) is 87.7 Å². The van der Waals surface area contributed by atoms with Gasteiger partial charge in [-0.15, -0.1) is 11.3 Å². The number of methoxy groups -OCH3 is 1. The highest BCUT2D eigenvalue weighted by atomic mass is 32.2. The number of sulfonamides is 1. The number of thiophene rings is 1. The number of ether oxygens (including phenoxy) is 1. The van der Waals surface area contributed by atoms with Gasteiger partial charge in [0.05, 0.1) is 13.7 Å². The van der Waals surface area contributed by atoms with Gasteiger partial charge in [0, 0.05) is 30.1 Å². The first-order valence-electron chi connectivity index (χ1n) is 8.64. The average molecular weight is 412 g/mol. The number of carbonyl (C=O) groups excluding carboxylic acids is 1. The summed E-state index contributed by atoms with van der Waals surface area (Å²) in [7, 11) is -1.88. The predicted molar refractivity (Wildman–Crippen MR) is 106 cm³/mol. The van der Waals surface area contributed by atoms with Gasteiger partial charge in [0.15, 0.2) is 0 Å². The Bertz CT molecular complexity index is 861. The van der Waals surface area contributed by atoms with Crippen molar-refractivity contribution >= 4 is 27.4 Å². The number of amides is 2. The standard InChI is InChI=1S/C18H25N3O4S2/c1-4-21(5-2)27(23,24)17-11-10-15(26-17)13-20-18(22)19-12-14-8-6-7-9-16(14)25-3/h6-11H,4-5,12-13H2,1-3H3,(H2,19,20,22). The Kier molecular flexibility index (Phi) is 7.64. The molecule has 0 radical (unpaired) electrons. The summed E-state index contributed by atoms with van der Waals surface area (Å²) in [5.41, 5.74) is 0.874. The second-order valence-corrected chi connectivity index (χ2v) is 8.99. The van der Waals surface area contributed by atoms with Crippen molar-refractivity contribution in [3.05, 3.63) is 46.8 Å². The van der Waals surface area contributed by atoms with Crippen LogP contribution < -0.4 is 15.4 Å². The summed E-state index contributed by atoms with van der Waals surface area (Å²) >= 11 is 1.17. The fraction of sp³-hybridized carbons (Fsp3) is 0.389. The molecule has 7 nitrogen and oxygen atoms in total. The normalized spacial score (nSPS) is 11.4. The maximum absolute atomic E-state index is 12.5. The molecule has 0 aliphatic carbocycles. The number of nitrogens with one attached hydrogen (secondary N) is 2. The van der Waals surface area contributed by atoms with Gasteiger partial charge in [-0.05, 0) is 18.2 Å². The van der Waals surface area contributed by atoms with E-state index >= 15 is 0 Å². The van der Waals surface area contributed by atoms with Crippen molar-refractivity contribution in [3.8, 4) is 5.75 Å². The van der Waals surface area contributed by atoms with Crippen molar-refractivity contribution in [2.45, 2.75) is 31.1 Å². The van der Waals surface area contributed by atoms with Gasteiger partial charge in [0.25, 0.3) is 10.0 Å². The molecular weight excluding hydrogens is 386 g/mol. The Balaban J connectivity index is 1.90. The van der Waals surface area contributed by atoms with Crippen molar-refractivity contribution in [1.29, 1.82) is 0 Å². The Morgan fingerprint density at radius 1 is 1.07 bits per heavy atom. The van der Waals surface area contributed by atoms with Crippen molar-refractivity contribution in [1.82, 2.24) is 14.9 Å². The zero-order valence-corrected chi connectivity index (χ0v) is 17.3. The van der Waals surface area contributed by atoms with Crippen LogP contribution in [0.5, 0.6) is 5.75 Å². The number of carbonyl (C=O) groups is 1. The lowest BCUT2D eigenvalue weighted by Crippen LogP contribution is -2.34. The molecule has 0 unspecified atom stereocenters. The molecule has 0 aliphatic heterocycles. The molecule has 1 aromatic carbocycles. The van der Waals surface area contributed by atoms with Crippen LogP contribution >= 0.6 is 11.3 Å². The van der Waals surface area contributed by atoms with Crippen molar-refractivity contribution in [3.63, 3.8) is 0 Å². The van der Waals surface area contributed by atoms with E-state index in [0.717, 1.165) is 10.4 Å². The number of hydrogen-bond acceptors (Lipinski definition) is 5. The zero-order chi connectivity index (χ0) is 19.9. The molecule has 0 saturated carbocycles. The fourth-order valence-electron chi connectivity index (χ4n) is 2.54. The molecule has 0 bridgehead atoms. The van der Waals surface area contributed by atoms with E-state index in [0.29, 0.717) is 25.4 Å². The van der Waals surface area contributed by atoms with Crippen LogP contribution in [0.15, 0.2) is 40.6 Å². The molecule has 0 aliphatic rings. The summed E-state index contributed by atoms with van der Waals surface area (Å²) in [6, 6.07) is 10.4. The van der Waals surface area contributed by atoms with E-state index in [9.17, 15) is 13.2 Å². The summed E-state index contributed by atoms with van der Waals surface area (Å²) in [6.07, 6.45) is 0. The van der Waals surface area contributed by atoms with Crippen LogP contribution in [-0.4, -0.2) is 39.0 Å². The first-order chi connectivity index (χ1) is 12.9. The van der Waals surface area contributed by atoms with Crippen molar-refractivity contribution in [2.24, 2.45) is 0 Å². The van der Waals surface area contributed by atoms with Gasteiger partial charge in [-0.1, -0.05) is 32.0 Å².